The van der Waals surface area contributed by atoms with Gasteiger partial charge in [0, 0.05) is 18.2 Å². The van der Waals surface area contributed by atoms with Crippen LogP contribution < -0.4 is 10.8 Å². The van der Waals surface area contributed by atoms with E-state index in [0.29, 0.717) is 0 Å². The first-order chi connectivity index (χ1) is 7.81. The summed E-state index contributed by atoms with van der Waals surface area (Å²) in [5, 5.41) is 3.38. The molecule has 0 amide bonds. The molecule has 0 radical (unpaired) electrons. The maximum absolute atomic E-state index is 5.10. The average molecular weight is 223 g/mol. The fraction of sp³-hybridized carbons (Fsp3) is 0.538. The molecule has 1 heterocycles. The predicted molar refractivity (Wildman–Crippen MR) is 66.5 cm³/mol. The number of fused-ring (bicyclic) bond motifs is 1. The van der Waals surface area contributed by atoms with Crippen molar-refractivity contribution < 1.29 is 10.3 Å². The molecule has 0 unspecified atom stereocenters. The van der Waals surface area contributed by atoms with Gasteiger partial charge in [-0.05, 0) is 31.0 Å². The summed E-state index contributed by atoms with van der Waals surface area (Å²) in [6.45, 7) is 8.18. The van der Waals surface area contributed by atoms with Crippen molar-refractivity contribution in [1.82, 2.24) is 5.32 Å². The second kappa shape index (κ2) is 6.63. The smallest absolute Gasteiger partial charge is 0.165 e. The van der Waals surface area contributed by atoms with Crippen LogP contribution in [0.4, 0.5) is 5.69 Å². The number of rotatable bonds is 2. The lowest BCUT2D eigenvalue weighted by atomic mass is 9.97. The number of nitrogens with two attached hydrogens (primary N) is 1. The SMILES string of the molecule is CC.CO[NH2+]c1cc(C)cc2c1CCNC2. The fourth-order valence-electron chi connectivity index (χ4n) is 2.05. The number of benzene rings is 1. The quantitative estimate of drug-likeness (QED) is 0.588. The molecule has 0 aliphatic carbocycles. The van der Waals surface area contributed by atoms with Crippen LogP contribution in [-0.4, -0.2) is 13.7 Å². The largest absolute Gasteiger partial charge is 0.312 e. The number of hydrogen-bond donors (Lipinski definition) is 2. The van der Waals surface area contributed by atoms with Gasteiger partial charge < -0.3 is 5.32 Å². The summed E-state index contributed by atoms with van der Waals surface area (Å²) >= 11 is 0. The Kier molecular flexibility index (Phi) is 5.46. The Morgan fingerprint density at radius 1 is 1.31 bits per heavy atom. The van der Waals surface area contributed by atoms with E-state index in [4.69, 9.17) is 4.84 Å². The van der Waals surface area contributed by atoms with Crippen molar-refractivity contribution in [3.05, 3.63) is 28.8 Å². The van der Waals surface area contributed by atoms with Crippen LogP contribution in [0.3, 0.4) is 0 Å². The molecule has 0 saturated carbocycles. The summed E-state index contributed by atoms with van der Waals surface area (Å²) in [7, 11) is 1.70. The minimum atomic E-state index is 0.988. The molecular formula is C13H23N2O+. The molecule has 0 fully saturated rings. The van der Waals surface area contributed by atoms with Crippen molar-refractivity contribution in [2.24, 2.45) is 0 Å². The summed E-state index contributed by atoms with van der Waals surface area (Å²) in [6.07, 6.45) is 1.10. The Hall–Kier alpha value is -0.900. The zero-order valence-corrected chi connectivity index (χ0v) is 10.8. The zero-order chi connectivity index (χ0) is 12.0. The van der Waals surface area contributed by atoms with Gasteiger partial charge in [-0.2, -0.15) is 5.48 Å². The second-order valence-electron chi connectivity index (χ2n) is 3.77. The molecule has 16 heavy (non-hydrogen) atoms. The van der Waals surface area contributed by atoms with Crippen LogP contribution in [0.5, 0.6) is 0 Å². The van der Waals surface area contributed by atoms with Crippen LogP contribution in [0, 0.1) is 6.92 Å². The van der Waals surface area contributed by atoms with Gasteiger partial charge in [0.25, 0.3) is 0 Å². The van der Waals surface area contributed by atoms with E-state index in [0.717, 1.165) is 19.5 Å². The summed E-state index contributed by atoms with van der Waals surface area (Å²) in [6, 6.07) is 4.45. The first kappa shape index (κ1) is 13.2. The third kappa shape index (κ3) is 3.04. The highest BCUT2D eigenvalue weighted by atomic mass is 16.6. The minimum Gasteiger partial charge on any atom is -0.312 e. The van der Waals surface area contributed by atoms with Crippen LogP contribution >= 0.6 is 0 Å². The molecule has 3 nitrogen and oxygen atoms in total. The number of aryl methyl sites for hydroxylation is 1. The summed E-state index contributed by atoms with van der Waals surface area (Å²) in [5.74, 6) is 0. The molecule has 0 saturated heterocycles. The van der Waals surface area contributed by atoms with Gasteiger partial charge in [0.15, 0.2) is 5.69 Å². The fourth-order valence-corrected chi connectivity index (χ4v) is 2.05. The van der Waals surface area contributed by atoms with Crippen LogP contribution in [0.15, 0.2) is 12.1 Å². The maximum Gasteiger partial charge on any atom is 0.165 e. The molecule has 1 aromatic carbocycles. The lowest BCUT2D eigenvalue weighted by Gasteiger charge is -2.18. The van der Waals surface area contributed by atoms with Gasteiger partial charge in [-0.1, -0.05) is 19.9 Å². The molecule has 0 bridgehead atoms. The Labute approximate surface area is 98.2 Å². The van der Waals surface area contributed by atoms with E-state index in [2.05, 4.69) is 24.4 Å². The third-order valence-electron chi connectivity index (χ3n) is 2.63. The van der Waals surface area contributed by atoms with Gasteiger partial charge >= 0.3 is 0 Å². The summed E-state index contributed by atoms with van der Waals surface area (Å²) in [4.78, 5) is 5.10. The van der Waals surface area contributed by atoms with Gasteiger partial charge in [0.1, 0.15) is 0 Å². The molecule has 0 spiro atoms. The average Bonchev–Trinajstić information content (AvgIpc) is 2.32. The molecule has 0 atom stereocenters. The molecule has 3 N–H and O–H groups in total. The predicted octanol–water partition coefficient (Wildman–Crippen LogP) is 1.42. The first-order valence-electron chi connectivity index (χ1n) is 6.00. The normalized spacial score (nSPS) is 13.8. The van der Waals surface area contributed by atoms with E-state index in [1.165, 1.54) is 22.4 Å². The Bertz CT molecular complexity index is 337. The maximum atomic E-state index is 5.10. The van der Waals surface area contributed by atoms with Gasteiger partial charge in [-0.3, -0.25) is 0 Å². The van der Waals surface area contributed by atoms with Gasteiger partial charge in [0.05, 0.1) is 7.11 Å². The van der Waals surface area contributed by atoms with Crippen molar-refractivity contribution in [2.75, 3.05) is 13.7 Å². The van der Waals surface area contributed by atoms with Crippen molar-refractivity contribution in [1.29, 1.82) is 0 Å². The summed E-state index contributed by atoms with van der Waals surface area (Å²) < 4.78 is 0. The number of hydrogen-bond acceptors (Lipinski definition) is 2. The van der Waals surface area contributed by atoms with Gasteiger partial charge in [-0.25, -0.2) is 4.84 Å². The standard InChI is InChI=1S/C11H16N2O.C2H6/c1-8-5-9-7-12-4-3-10(9)11(6-8)13-14-2;1-2/h5-6,12-13H,3-4,7H2,1-2H3;1-2H3/p+1. The Morgan fingerprint density at radius 2 is 2.06 bits per heavy atom. The van der Waals surface area contributed by atoms with E-state index < -0.39 is 0 Å². The van der Waals surface area contributed by atoms with E-state index in [9.17, 15) is 0 Å². The molecule has 0 aromatic heterocycles. The second-order valence-corrected chi connectivity index (χ2v) is 3.77. The van der Waals surface area contributed by atoms with Crippen LogP contribution in [0.25, 0.3) is 0 Å². The van der Waals surface area contributed by atoms with Crippen LogP contribution in [0.2, 0.25) is 0 Å². The van der Waals surface area contributed by atoms with Gasteiger partial charge in [0.2, 0.25) is 0 Å². The topological polar surface area (TPSA) is 37.9 Å². The van der Waals surface area contributed by atoms with Crippen LogP contribution in [0.1, 0.15) is 30.5 Å². The monoisotopic (exact) mass is 223 g/mol. The van der Waals surface area contributed by atoms with E-state index in [-0.39, 0.29) is 0 Å². The highest BCUT2D eigenvalue weighted by Gasteiger charge is 2.16. The molecule has 1 aliphatic rings. The van der Waals surface area contributed by atoms with Crippen molar-refractivity contribution in [3.8, 4) is 0 Å². The van der Waals surface area contributed by atoms with E-state index in [1.54, 1.807) is 7.11 Å². The number of nitrogens with one attached hydrogen (secondary N) is 1. The highest BCUT2D eigenvalue weighted by molar-refractivity contribution is 5.48. The lowest BCUT2D eigenvalue weighted by molar-refractivity contribution is -0.830. The highest BCUT2D eigenvalue weighted by Crippen LogP contribution is 2.21. The van der Waals surface area contributed by atoms with E-state index >= 15 is 0 Å². The molecule has 1 aromatic rings. The summed E-state index contributed by atoms with van der Waals surface area (Å²) in [5.41, 5.74) is 7.24. The first-order valence-corrected chi connectivity index (χ1v) is 6.00. The third-order valence-corrected chi connectivity index (χ3v) is 2.63. The van der Waals surface area contributed by atoms with Crippen LogP contribution in [-0.2, 0) is 17.8 Å². The van der Waals surface area contributed by atoms with Crippen molar-refractivity contribution in [2.45, 2.75) is 33.7 Å². The molecule has 90 valence electrons. The Balaban J connectivity index is 0.000000606. The molecule has 3 heteroatoms. The lowest BCUT2D eigenvalue weighted by Crippen LogP contribution is -2.76. The van der Waals surface area contributed by atoms with E-state index in [1.807, 2.05) is 19.3 Å². The molecule has 2 rings (SSSR count). The zero-order valence-electron chi connectivity index (χ0n) is 10.8. The molecule has 1 aliphatic heterocycles. The Morgan fingerprint density at radius 3 is 2.75 bits per heavy atom. The minimum absolute atomic E-state index is 0.988. The van der Waals surface area contributed by atoms with Crippen molar-refractivity contribution in [3.63, 3.8) is 0 Å². The molecular weight excluding hydrogens is 200 g/mol. The van der Waals surface area contributed by atoms with Gasteiger partial charge in [-0.15, -0.1) is 0 Å². The van der Waals surface area contributed by atoms with Crippen molar-refractivity contribution >= 4 is 5.69 Å². The number of quaternary nitrogens is 1.